The first-order valence-electron chi connectivity index (χ1n) is 5.18. The van der Waals surface area contributed by atoms with Crippen LogP contribution < -0.4 is 4.74 Å². The lowest BCUT2D eigenvalue weighted by Gasteiger charge is -1.95. The molecule has 0 bridgehead atoms. The van der Waals surface area contributed by atoms with Crippen LogP contribution in [0.3, 0.4) is 0 Å². The predicted molar refractivity (Wildman–Crippen MR) is 57.0 cm³/mol. The van der Waals surface area contributed by atoms with Gasteiger partial charge in [-0.3, -0.25) is 0 Å². The largest absolute Gasteiger partial charge is 0.481 e. The second-order valence-corrected chi connectivity index (χ2v) is 4.17. The summed E-state index contributed by atoms with van der Waals surface area (Å²) in [5.41, 5.74) is 1.74. The van der Waals surface area contributed by atoms with Gasteiger partial charge in [0.2, 0.25) is 5.88 Å². The number of hydrogen-bond donors (Lipinski definition) is 1. The molecule has 1 aliphatic rings. The second-order valence-electron chi connectivity index (χ2n) is 4.17. The Balaban J connectivity index is 2.06. The van der Waals surface area contributed by atoms with Crippen molar-refractivity contribution < 1.29 is 4.74 Å². The SMILES string of the molecule is COc1ccc2[nH]c(C3CC3C)nc2n1. The first-order chi connectivity index (χ1) is 7.28. The van der Waals surface area contributed by atoms with Crippen LogP contribution in [0, 0.1) is 5.92 Å². The predicted octanol–water partition coefficient (Wildman–Crippen LogP) is 2.09. The molecule has 2 heterocycles. The lowest BCUT2D eigenvalue weighted by Crippen LogP contribution is -1.86. The first-order valence-corrected chi connectivity index (χ1v) is 5.18. The molecule has 2 unspecified atom stereocenters. The van der Waals surface area contributed by atoms with E-state index in [4.69, 9.17) is 4.74 Å². The zero-order chi connectivity index (χ0) is 10.4. The van der Waals surface area contributed by atoms with Crippen LogP contribution in [0.4, 0.5) is 0 Å². The number of rotatable bonds is 2. The number of pyridine rings is 1. The molecule has 2 aromatic rings. The smallest absolute Gasteiger partial charge is 0.215 e. The number of ether oxygens (including phenoxy) is 1. The monoisotopic (exact) mass is 203 g/mol. The third kappa shape index (κ3) is 1.37. The maximum absolute atomic E-state index is 5.06. The molecular formula is C11H13N3O. The van der Waals surface area contributed by atoms with Gasteiger partial charge in [-0.25, -0.2) is 4.98 Å². The van der Waals surface area contributed by atoms with Crippen LogP contribution in [0.2, 0.25) is 0 Å². The van der Waals surface area contributed by atoms with Crippen molar-refractivity contribution in [2.75, 3.05) is 7.11 Å². The fourth-order valence-electron chi connectivity index (χ4n) is 1.89. The normalized spacial score (nSPS) is 24.4. The minimum Gasteiger partial charge on any atom is -0.481 e. The Morgan fingerprint density at radius 1 is 1.40 bits per heavy atom. The lowest BCUT2D eigenvalue weighted by molar-refractivity contribution is 0.399. The highest BCUT2D eigenvalue weighted by molar-refractivity contribution is 5.71. The van der Waals surface area contributed by atoms with Crippen molar-refractivity contribution in [3.8, 4) is 5.88 Å². The molecular weight excluding hydrogens is 190 g/mol. The van der Waals surface area contributed by atoms with E-state index in [1.807, 2.05) is 12.1 Å². The minimum atomic E-state index is 0.602. The van der Waals surface area contributed by atoms with Gasteiger partial charge in [-0.05, 0) is 18.4 Å². The number of nitrogens with one attached hydrogen (secondary N) is 1. The molecule has 4 heteroatoms. The van der Waals surface area contributed by atoms with E-state index in [-0.39, 0.29) is 0 Å². The van der Waals surface area contributed by atoms with E-state index in [0.717, 1.165) is 22.9 Å². The molecule has 1 aliphatic carbocycles. The van der Waals surface area contributed by atoms with Crippen LogP contribution in [0.25, 0.3) is 11.2 Å². The zero-order valence-corrected chi connectivity index (χ0v) is 8.82. The standard InChI is InChI=1S/C11H13N3O/c1-6-5-7(6)10-12-8-3-4-9(15-2)13-11(8)14-10/h3-4,6-7H,5H2,1-2H3,(H,12,13,14). The molecule has 0 saturated heterocycles. The number of hydrogen-bond acceptors (Lipinski definition) is 3. The Bertz CT molecular complexity index is 506. The summed E-state index contributed by atoms with van der Waals surface area (Å²) in [7, 11) is 1.62. The maximum atomic E-state index is 5.06. The molecule has 15 heavy (non-hydrogen) atoms. The quantitative estimate of drug-likeness (QED) is 0.813. The van der Waals surface area contributed by atoms with Crippen LogP contribution in [0.5, 0.6) is 5.88 Å². The molecule has 2 aromatic heterocycles. The molecule has 0 amide bonds. The number of methoxy groups -OCH3 is 1. The first kappa shape index (κ1) is 8.71. The van der Waals surface area contributed by atoms with Crippen molar-refractivity contribution >= 4 is 11.2 Å². The minimum absolute atomic E-state index is 0.602. The van der Waals surface area contributed by atoms with E-state index in [2.05, 4.69) is 21.9 Å². The molecule has 78 valence electrons. The van der Waals surface area contributed by atoms with Crippen molar-refractivity contribution in [2.24, 2.45) is 5.92 Å². The number of aromatic nitrogens is 3. The van der Waals surface area contributed by atoms with E-state index in [1.54, 1.807) is 7.11 Å². The van der Waals surface area contributed by atoms with Crippen molar-refractivity contribution in [1.29, 1.82) is 0 Å². The van der Waals surface area contributed by atoms with Gasteiger partial charge >= 0.3 is 0 Å². The van der Waals surface area contributed by atoms with Gasteiger partial charge < -0.3 is 9.72 Å². The molecule has 3 rings (SSSR count). The summed E-state index contributed by atoms with van der Waals surface area (Å²) in [6.45, 7) is 2.24. The molecule has 0 spiro atoms. The highest BCUT2D eigenvalue weighted by atomic mass is 16.5. The molecule has 1 saturated carbocycles. The summed E-state index contributed by atoms with van der Waals surface area (Å²) >= 11 is 0. The number of aromatic amines is 1. The van der Waals surface area contributed by atoms with E-state index < -0.39 is 0 Å². The summed E-state index contributed by atoms with van der Waals surface area (Å²) < 4.78 is 5.06. The zero-order valence-electron chi connectivity index (χ0n) is 8.82. The average Bonchev–Trinajstić information content (AvgIpc) is 2.83. The molecule has 1 fully saturated rings. The number of nitrogens with zero attached hydrogens (tertiary/aromatic N) is 2. The second kappa shape index (κ2) is 2.95. The third-order valence-electron chi connectivity index (χ3n) is 3.01. The van der Waals surface area contributed by atoms with E-state index in [1.165, 1.54) is 6.42 Å². The molecule has 1 N–H and O–H groups in total. The Kier molecular flexibility index (Phi) is 1.71. The van der Waals surface area contributed by atoms with Gasteiger partial charge in [0.25, 0.3) is 0 Å². The van der Waals surface area contributed by atoms with Crippen LogP contribution in [0.1, 0.15) is 25.1 Å². The summed E-state index contributed by atoms with van der Waals surface area (Å²) in [4.78, 5) is 12.1. The summed E-state index contributed by atoms with van der Waals surface area (Å²) in [6, 6.07) is 3.81. The number of fused-ring (bicyclic) bond motifs is 1. The van der Waals surface area contributed by atoms with Crippen LogP contribution in [0.15, 0.2) is 12.1 Å². The Morgan fingerprint density at radius 3 is 2.87 bits per heavy atom. The van der Waals surface area contributed by atoms with Crippen LogP contribution in [-0.2, 0) is 0 Å². The van der Waals surface area contributed by atoms with Crippen molar-refractivity contribution in [2.45, 2.75) is 19.3 Å². The fourth-order valence-corrected chi connectivity index (χ4v) is 1.89. The third-order valence-corrected chi connectivity index (χ3v) is 3.01. The number of H-pyrrole nitrogens is 1. The van der Waals surface area contributed by atoms with E-state index in [0.29, 0.717) is 11.8 Å². The molecule has 4 nitrogen and oxygen atoms in total. The number of imidazole rings is 1. The molecule has 0 aromatic carbocycles. The van der Waals surface area contributed by atoms with Gasteiger partial charge in [-0.1, -0.05) is 6.92 Å². The lowest BCUT2D eigenvalue weighted by atomic mass is 10.3. The van der Waals surface area contributed by atoms with Gasteiger partial charge in [-0.2, -0.15) is 4.98 Å². The van der Waals surface area contributed by atoms with Gasteiger partial charge in [0.05, 0.1) is 12.6 Å². The Morgan fingerprint density at radius 2 is 2.20 bits per heavy atom. The summed E-state index contributed by atoms with van der Waals surface area (Å²) in [5.74, 6) is 3.04. The van der Waals surface area contributed by atoms with E-state index >= 15 is 0 Å². The van der Waals surface area contributed by atoms with Gasteiger partial charge in [0.1, 0.15) is 5.82 Å². The maximum Gasteiger partial charge on any atom is 0.215 e. The highest BCUT2D eigenvalue weighted by Gasteiger charge is 2.36. The van der Waals surface area contributed by atoms with Crippen molar-refractivity contribution in [3.63, 3.8) is 0 Å². The highest BCUT2D eigenvalue weighted by Crippen LogP contribution is 2.45. The van der Waals surface area contributed by atoms with Crippen molar-refractivity contribution in [1.82, 2.24) is 15.0 Å². The average molecular weight is 203 g/mol. The molecule has 2 atom stereocenters. The Labute approximate surface area is 87.7 Å². The van der Waals surface area contributed by atoms with Gasteiger partial charge in [-0.15, -0.1) is 0 Å². The summed E-state index contributed by atoms with van der Waals surface area (Å²) in [6.07, 6.45) is 1.23. The van der Waals surface area contributed by atoms with Gasteiger partial charge in [0, 0.05) is 12.0 Å². The van der Waals surface area contributed by atoms with Crippen LogP contribution in [-0.4, -0.2) is 22.1 Å². The molecule has 0 aliphatic heterocycles. The fraction of sp³-hybridized carbons (Fsp3) is 0.455. The van der Waals surface area contributed by atoms with Gasteiger partial charge in [0.15, 0.2) is 5.65 Å². The topological polar surface area (TPSA) is 50.8 Å². The van der Waals surface area contributed by atoms with Crippen LogP contribution >= 0.6 is 0 Å². The Hall–Kier alpha value is -1.58. The summed E-state index contributed by atoms with van der Waals surface area (Å²) in [5, 5.41) is 0. The molecule has 0 radical (unpaired) electrons. The van der Waals surface area contributed by atoms with E-state index in [9.17, 15) is 0 Å². The van der Waals surface area contributed by atoms with Crippen molar-refractivity contribution in [3.05, 3.63) is 18.0 Å².